The molecule has 4 fully saturated rings. The van der Waals surface area contributed by atoms with Gasteiger partial charge in [-0.1, -0.05) is 0 Å². The Balaban J connectivity index is 1.51. The Hall–Kier alpha value is -1.73. The van der Waals surface area contributed by atoms with Crippen molar-refractivity contribution in [1.29, 1.82) is 0 Å². The number of halogens is 4. The summed E-state index contributed by atoms with van der Waals surface area (Å²) in [4.78, 5) is 0. The monoisotopic (exact) mass is 600 g/mol. The van der Waals surface area contributed by atoms with E-state index in [1.807, 2.05) is 76.3 Å². The van der Waals surface area contributed by atoms with E-state index in [2.05, 4.69) is 0 Å². The van der Waals surface area contributed by atoms with Gasteiger partial charge in [-0.05, 0) is 0 Å². The van der Waals surface area contributed by atoms with E-state index < -0.39 is 50.7 Å². The maximum atomic E-state index is 18.3. The fraction of sp³-hybridized carbons (Fsp3) is 0.529. The zero-order chi connectivity index (χ0) is 28.8. The van der Waals surface area contributed by atoms with Crippen LogP contribution in [0.1, 0.15) is 66.2 Å². The van der Waals surface area contributed by atoms with E-state index >= 15 is 17.6 Å². The van der Waals surface area contributed by atoms with E-state index in [-0.39, 0.29) is 16.7 Å². The normalized spacial score (nSPS) is 36.5. The molecule has 41 heavy (non-hydrogen) atoms. The molecule has 216 valence electrons. The first-order valence-electron chi connectivity index (χ1n) is 15.5. The summed E-state index contributed by atoms with van der Waals surface area (Å²) in [5.74, 6) is -5.05. The molecular weight excluding hydrogens is 560 g/mol. The molecule has 4 saturated heterocycles. The van der Waals surface area contributed by atoms with Gasteiger partial charge in [0.15, 0.2) is 0 Å². The Kier molecular flexibility index (Phi) is 5.15. The fourth-order valence-electron chi connectivity index (χ4n) is 9.84. The van der Waals surface area contributed by atoms with Gasteiger partial charge in [-0.3, -0.25) is 0 Å². The Bertz CT molecular complexity index is 1440. The summed E-state index contributed by atoms with van der Waals surface area (Å²) in [7, 11) is 0. The van der Waals surface area contributed by atoms with Gasteiger partial charge in [-0.25, -0.2) is 0 Å². The summed E-state index contributed by atoms with van der Waals surface area (Å²) in [5.41, 5.74) is -0.838. The second kappa shape index (κ2) is 7.86. The first kappa shape index (κ1) is 26.9. The SMILES string of the molecule is CC1(C)C=C2C(F)([C]([Ti]([C]3=CC=CC3)([C]3=CC=CC3)[C]3=C(F)C(C)(C)C=C4C3(F)[N+]43CCCC3)=C1F)[N+]21CCCC1. The molecule has 0 aromatic carbocycles. The van der Waals surface area contributed by atoms with Gasteiger partial charge in [-0.15, -0.1) is 0 Å². The van der Waals surface area contributed by atoms with Crippen molar-refractivity contribution in [3.05, 3.63) is 87.2 Å². The molecule has 7 heteroatoms. The van der Waals surface area contributed by atoms with Crippen LogP contribution in [-0.4, -0.2) is 46.7 Å². The van der Waals surface area contributed by atoms with Crippen LogP contribution in [0, 0.1) is 10.8 Å². The van der Waals surface area contributed by atoms with E-state index in [9.17, 15) is 0 Å². The molecular formula is C34H40F4N2Ti+2. The van der Waals surface area contributed by atoms with E-state index in [0.717, 1.165) is 33.4 Å². The molecule has 0 aromatic rings. The van der Waals surface area contributed by atoms with Crippen molar-refractivity contribution in [2.24, 2.45) is 10.8 Å². The average Bonchev–Trinajstić information content (AvgIpc) is 3.58. The van der Waals surface area contributed by atoms with Crippen LogP contribution in [-0.2, 0) is 16.6 Å². The Labute approximate surface area is 244 Å². The number of fused-ring (bicyclic) bond motifs is 6. The van der Waals surface area contributed by atoms with Crippen molar-refractivity contribution >= 4 is 0 Å². The topological polar surface area (TPSA) is 0 Å². The molecule has 4 aliphatic carbocycles. The van der Waals surface area contributed by atoms with Crippen LogP contribution in [0.15, 0.2) is 87.2 Å². The molecule has 4 aliphatic heterocycles. The summed E-state index contributed by atoms with van der Waals surface area (Å²) in [6.07, 6.45) is 19.9. The van der Waals surface area contributed by atoms with Gasteiger partial charge < -0.3 is 0 Å². The molecule has 8 rings (SSSR count). The third kappa shape index (κ3) is 2.79. The van der Waals surface area contributed by atoms with E-state index in [4.69, 9.17) is 0 Å². The average molecular weight is 601 g/mol. The summed E-state index contributed by atoms with van der Waals surface area (Å²) >= 11 is -4.89. The predicted molar refractivity (Wildman–Crippen MR) is 150 cm³/mol. The van der Waals surface area contributed by atoms with E-state index in [1.165, 1.54) is 0 Å². The predicted octanol–water partition coefficient (Wildman–Crippen LogP) is 8.62. The second-order valence-corrected chi connectivity index (χ2v) is 20.7. The van der Waals surface area contributed by atoms with Gasteiger partial charge in [0.1, 0.15) is 0 Å². The summed E-state index contributed by atoms with van der Waals surface area (Å²) in [6, 6.07) is 0. The molecule has 0 saturated carbocycles. The minimum atomic E-state index is -4.89. The van der Waals surface area contributed by atoms with Crippen molar-refractivity contribution in [1.82, 2.24) is 0 Å². The number of quaternary nitrogens is 2. The van der Waals surface area contributed by atoms with Gasteiger partial charge in [0.2, 0.25) is 0 Å². The van der Waals surface area contributed by atoms with Crippen molar-refractivity contribution in [3.8, 4) is 0 Å². The zero-order valence-electron chi connectivity index (χ0n) is 24.6. The molecule has 0 amide bonds. The molecule has 0 bridgehead atoms. The van der Waals surface area contributed by atoms with Gasteiger partial charge in [-0.2, -0.15) is 0 Å². The third-order valence-corrected chi connectivity index (χ3v) is 20.1. The number of hydrogen-bond acceptors (Lipinski definition) is 0. The quantitative estimate of drug-likeness (QED) is 0.0997. The van der Waals surface area contributed by atoms with Gasteiger partial charge >= 0.3 is 245 Å². The number of rotatable bonds is 4. The second-order valence-electron chi connectivity index (χ2n) is 14.8. The van der Waals surface area contributed by atoms with Gasteiger partial charge in [0.05, 0.1) is 0 Å². The molecule has 2 unspecified atom stereocenters. The van der Waals surface area contributed by atoms with Crippen LogP contribution < -0.4 is 0 Å². The Morgan fingerprint density at radius 2 is 1.00 bits per heavy atom. The molecule has 0 N–H and O–H groups in total. The van der Waals surface area contributed by atoms with Gasteiger partial charge in [0, 0.05) is 0 Å². The molecule has 2 nitrogen and oxygen atoms in total. The third-order valence-electron chi connectivity index (χ3n) is 11.8. The van der Waals surface area contributed by atoms with E-state index in [0.29, 0.717) is 50.4 Å². The molecule has 0 radical (unpaired) electrons. The standard InChI is InChI=1S/2C12H15F2N.2C5H5.Ti/c2*1-11(2)8-10-12(14,7-9(11)13)15(10)5-3-4-6-15;2*1-2-4-5-3-1;/h2*8H,3-6H2,1-2H3;2*1-3H,4H2;/q2*+1;;;. The maximum absolute atomic E-state index is 18.3. The Morgan fingerprint density at radius 3 is 1.32 bits per heavy atom. The summed E-state index contributed by atoms with van der Waals surface area (Å²) < 4.78 is 74.0. The van der Waals surface area contributed by atoms with Crippen LogP contribution in [0.4, 0.5) is 17.6 Å². The first-order valence-corrected chi connectivity index (χ1v) is 18.6. The first-order chi connectivity index (χ1) is 19.4. The van der Waals surface area contributed by atoms with Crippen LogP contribution in [0.2, 0.25) is 0 Å². The summed E-state index contributed by atoms with van der Waals surface area (Å²) in [6.45, 7) is 9.70. The van der Waals surface area contributed by atoms with Gasteiger partial charge in [0.25, 0.3) is 0 Å². The summed E-state index contributed by atoms with van der Waals surface area (Å²) in [5, 5.41) is 0. The number of alkyl halides is 2. The van der Waals surface area contributed by atoms with E-state index in [1.54, 1.807) is 0 Å². The van der Waals surface area contributed by atoms with Crippen LogP contribution >= 0.6 is 0 Å². The number of allylic oxidation sites excluding steroid dienone is 12. The van der Waals surface area contributed by atoms with Crippen LogP contribution in [0.5, 0.6) is 0 Å². The Morgan fingerprint density at radius 1 is 0.634 bits per heavy atom. The number of nitrogens with zero attached hydrogens (tertiary/aromatic N) is 2. The molecule has 0 aromatic heterocycles. The molecule has 4 heterocycles. The minimum absolute atomic E-state index is 0.119. The van der Waals surface area contributed by atoms with Crippen LogP contribution in [0.25, 0.3) is 0 Å². The fourth-order valence-corrected chi connectivity index (χ4v) is 19.9. The van der Waals surface area contributed by atoms with Crippen LogP contribution in [0.3, 0.4) is 0 Å². The van der Waals surface area contributed by atoms with Crippen molar-refractivity contribution in [3.63, 3.8) is 0 Å². The van der Waals surface area contributed by atoms with Crippen molar-refractivity contribution < 1.29 is 43.1 Å². The van der Waals surface area contributed by atoms with Crippen molar-refractivity contribution in [2.75, 3.05) is 26.2 Å². The van der Waals surface area contributed by atoms with Crippen molar-refractivity contribution in [2.45, 2.75) is 77.8 Å². The number of hydrogen-bond donors (Lipinski definition) is 0. The molecule has 2 spiro atoms. The molecule has 8 aliphatic rings. The zero-order valence-corrected chi connectivity index (χ0v) is 26.2. The molecule has 2 atom stereocenters.